The van der Waals surface area contributed by atoms with E-state index in [1.807, 2.05) is 6.92 Å². The van der Waals surface area contributed by atoms with Gasteiger partial charge in [-0.05, 0) is 0 Å². The smallest absolute Gasteiger partial charge is 0.224 e. The lowest BCUT2D eigenvalue weighted by atomic mass is 10.2. The van der Waals surface area contributed by atoms with Crippen LogP contribution in [0.3, 0.4) is 0 Å². The Morgan fingerprint density at radius 3 is 2.80 bits per heavy atom. The van der Waals surface area contributed by atoms with E-state index >= 15 is 0 Å². The number of alkyl halides is 1. The van der Waals surface area contributed by atoms with Crippen molar-refractivity contribution in [1.29, 1.82) is 0 Å². The zero-order valence-corrected chi connectivity index (χ0v) is 9.92. The Labute approximate surface area is 95.9 Å². The fraction of sp³-hybridized carbons (Fsp3) is 0.900. The molecule has 1 amide bonds. The summed E-state index contributed by atoms with van der Waals surface area (Å²) in [5.74, 6) is 0.318. The molecule has 1 atom stereocenters. The molecule has 1 rings (SSSR count). The molecule has 5 heteroatoms. The Morgan fingerprint density at radius 2 is 2.20 bits per heavy atom. The summed E-state index contributed by atoms with van der Waals surface area (Å²) >= 11 is 5.59. The van der Waals surface area contributed by atoms with Crippen molar-refractivity contribution in [1.82, 2.24) is 10.2 Å². The Balaban J connectivity index is 2.07. The van der Waals surface area contributed by atoms with Gasteiger partial charge in [-0.2, -0.15) is 0 Å². The van der Waals surface area contributed by atoms with Gasteiger partial charge in [-0.1, -0.05) is 6.92 Å². The lowest BCUT2D eigenvalue weighted by molar-refractivity contribution is -0.123. The maximum Gasteiger partial charge on any atom is 0.224 e. The van der Waals surface area contributed by atoms with E-state index in [-0.39, 0.29) is 11.8 Å². The Bertz CT molecular complexity index is 196. The number of morpholine rings is 1. The molecule has 1 aliphatic rings. The number of amides is 1. The molecule has 0 aromatic rings. The third-order valence-electron chi connectivity index (χ3n) is 2.51. The molecule has 0 aromatic carbocycles. The van der Waals surface area contributed by atoms with Crippen LogP contribution in [0, 0.1) is 5.92 Å². The number of hydrogen-bond donors (Lipinski definition) is 1. The molecule has 0 aromatic heterocycles. The number of hydrogen-bond acceptors (Lipinski definition) is 3. The highest BCUT2D eigenvalue weighted by Crippen LogP contribution is 1.98. The summed E-state index contributed by atoms with van der Waals surface area (Å²) in [6.45, 7) is 6.93. The van der Waals surface area contributed by atoms with E-state index in [1.54, 1.807) is 0 Å². The van der Waals surface area contributed by atoms with Crippen molar-refractivity contribution in [2.45, 2.75) is 6.92 Å². The molecule has 1 fully saturated rings. The van der Waals surface area contributed by atoms with Crippen LogP contribution in [0.15, 0.2) is 0 Å². The standard InChI is InChI=1S/C10H19ClN2O2/c1-9(8-11)10(14)12-2-3-13-4-6-15-7-5-13/h9H,2-8H2,1H3,(H,12,14). The van der Waals surface area contributed by atoms with Crippen LogP contribution in [0.1, 0.15) is 6.92 Å². The van der Waals surface area contributed by atoms with Crippen molar-refractivity contribution in [3.05, 3.63) is 0 Å². The lowest BCUT2D eigenvalue weighted by Crippen LogP contribution is -2.42. The van der Waals surface area contributed by atoms with Crippen LogP contribution in [0.4, 0.5) is 0 Å². The highest BCUT2D eigenvalue weighted by Gasteiger charge is 2.12. The van der Waals surface area contributed by atoms with Gasteiger partial charge in [0.25, 0.3) is 0 Å². The fourth-order valence-electron chi connectivity index (χ4n) is 1.41. The van der Waals surface area contributed by atoms with Gasteiger partial charge in [0.2, 0.25) is 5.91 Å². The second-order valence-electron chi connectivity index (χ2n) is 3.80. The predicted molar refractivity (Wildman–Crippen MR) is 60.2 cm³/mol. The average molecular weight is 235 g/mol. The van der Waals surface area contributed by atoms with E-state index in [1.165, 1.54) is 0 Å². The number of carbonyl (C=O) groups is 1. The number of nitrogens with zero attached hydrogens (tertiary/aromatic N) is 1. The van der Waals surface area contributed by atoms with Crippen LogP contribution < -0.4 is 5.32 Å². The highest BCUT2D eigenvalue weighted by molar-refractivity contribution is 6.19. The van der Waals surface area contributed by atoms with Gasteiger partial charge < -0.3 is 10.1 Å². The van der Waals surface area contributed by atoms with Crippen molar-refractivity contribution in [3.63, 3.8) is 0 Å². The Morgan fingerprint density at radius 1 is 1.53 bits per heavy atom. The first-order valence-electron chi connectivity index (χ1n) is 5.38. The molecular weight excluding hydrogens is 216 g/mol. The van der Waals surface area contributed by atoms with Gasteiger partial charge in [-0.15, -0.1) is 11.6 Å². The van der Waals surface area contributed by atoms with Crippen molar-refractivity contribution in [2.24, 2.45) is 5.92 Å². The molecule has 1 N–H and O–H groups in total. The van der Waals surface area contributed by atoms with Crippen LogP contribution in [0.2, 0.25) is 0 Å². The number of rotatable bonds is 5. The van der Waals surface area contributed by atoms with Crippen molar-refractivity contribution < 1.29 is 9.53 Å². The Hall–Kier alpha value is -0.320. The highest BCUT2D eigenvalue weighted by atomic mass is 35.5. The van der Waals surface area contributed by atoms with E-state index < -0.39 is 0 Å². The number of ether oxygens (including phenoxy) is 1. The quantitative estimate of drug-likeness (QED) is 0.697. The molecule has 1 saturated heterocycles. The maximum absolute atomic E-state index is 11.4. The van der Waals surface area contributed by atoms with Gasteiger partial charge in [0.05, 0.1) is 13.2 Å². The summed E-state index contributed by atoms with van der Waals surface area (Å²) in [5, 5.41) is 2.87. The van der Waals surface area contributed by atoms with Crippen LogP contribution in [0.25, 0.3) is 0 Å². The fourth-order valence-corrected chi connectivity index (χ4v) is 1.55. The summed E-state index contributed by atoms with van der Waals surface area (Å²) in [5.41, 5.74) is 0. The molecule has 0 aliphatic carbocycles. The molecule has 0 saturated carbocycles. The Kier molecular flexibility index (Phi) is 5.98. The first-order valence-corrected chi connectivity index (χ1v) is 5.91. The lowest BCUT2D eigenvalue weighted by Gasteiger charge is -2.26. The zero-order chi connectivity index (χ0) is 11.1. The zero-order valence-electron chi connectivity index (χ0n) is 9.17. The second-order valence-corrected chi connectivity index (χ2v) is 4.11. The largest absolute Gasteiger partial charge is 0.379 e. The molecule has 4 nitrogen and oxygen atoms in total. The van der Waals surface area contributed by atoms with Crippen molar-refractivity contribution >= 4 is 17.5 Å². The van der Waals surface area contributed by atoms with Crippen molar-refractivity contribution in [3.8, 4) is 0 Å². The van der Waals surface area contributed by atoms with Gasteiger partial charge in [0, 0.05) is 38.0 Å². The van der Waals surface area contributed by atoms with Gasteiger partial charge in [-0.3, -0.25) is 9.69 Å². The molecule has 88 valence electrons. The minimum Gasteiger partial charge on any atom is -0.379 e. The third kappa shape index (κ3) is 4.82. The summed E-state index contributed by atoms with van der Waals surface area (Å²) in [4.78, 5) is 13.7. The van der Waals surface area contributed by atoms with Gasteiger partial charge in [0.1, 0.15) is 0 Å². The van der Waals surface area contributed by atoms with Crippen LogP contribution in [-0.4, -0.2) is 56.1 Å². The van der Waals surface area contributed by atoms with Gasteiger partial charge >= 0.3 is 0 Å². The molecule has 1 aliphatic heterocycles. The molecule has 15 heavy (non-hydrogen) atoms. The summed E-state index contributed by atoms with van der Waals surface area (Å²) in [6.07, 6.45) is 0. The van der Waals surface area contributed by atoms with Crippen molar-refractivity contribution in [2.75, 3.05) is 45.3 Å². The first-order chi connectivity index (χ1) is 7.24. The molecule has 1 heterocycles. The first kappa shape index (κ1) is 12.7. The summed E-state index contributed by atoms with van der Waals surface area (Å²) in [7, 11) is 0. The molecule has 0 bridgehead atoms. The monoisotopic (exact) mass is 234 g/mol. The SMILES string of the molecule is CC(CCl)C(=O)NCCN1CCOCC1. The van der Waals surface area contributed by atoms with Gasteiger partial charge in [-0.25, -0.2) is 0 Å². The minimum atomic E-state index is -0.101. The summed E-state index contributed by atoms with van der Waals surface area (Å²) < 4.78 is 5.24. The number of halogens is 1. The second kappa shape index (κ2) is 7.04. The van der Waals surface area contributed by atoms with E-state index in [0.29, 0.717) is 12.4 Å². The third-order valence-corrected chi connectivity index (χ3v) is 2.97. The van der Waals surface area contributed by atoms with Crippen LogP contribution in [0.5, 0.6) is 0 Å². The van der Waals surface area contributed by atoms with E-state index in [9.17, 15) is 4.79 Å². The molecular formula is C10H19ClN2O2. The molecule has 0 spiro atoms. The van der Waals surface area contributed by atoms with Crippen LogP contribution >= 0.6 is 11.6 Å². The number of nitrogens with one attached hydrogen (secondary N) is 1. The predicted octanol–water partition coefficient (Wildman–Crippen LogP) is 0.310. The average Bonchev–Trinajstić information content (AvgIpc) is 2.29. The summed E-state index contributed by atoms with van der Waals surface area (Å²) in [6, 6.07) is 0. The van der Waals surface area contributed by atoms with E-state index in [0.717, 1.165) is 32.8 Å². The minimum absolute atomic E-state index is 0.0401. The van der Waals surface area contributed by atoms with E-state index in [2.05, 4.69) is 10.2 Å². The van der Waals surface area contributed by atoms with Gasteiger partial charge in [0.15, 0.2) is 0 Å². The van der Waals surface area contributed by atoms with E-state index in [4.69, 9.17) is 16.3 Å². The topological polar surface area (TPSA) is 41.6 Å². The van der Waals surface area contributed by atoms with Crippen LogP contribution in [-0.2, 0) is 9.53 Å². The normalized spacial score (nSPS) is 19.9. The molecule has 0 radical (unpaired) electrons. The molecule has 1 unspecified atom stereocenters. The number of carbonyl (C=O) groups excluding carboxylic acids is 1. The maximum atomic E-state index is 11.4.